The van der Waals surface area contributed by atoms with Gasteiger partial charge in [-0.1, -0.05) is 30.1 Å². The molecule has 0 saturated carbocycles. The Morgan fingerprint density at radius 2 is 2.12 bits per heavy atom. The zero-order valence-corrected chi connectivity index (χ0v) is 12.9. The second kappa shape index (κ2) is 7.12. The zero-order valence-electron chi connectivity index (χ0n) is 9.72. The normalized spacial score (nSPS) is 15.1. The Labute approximate surface area is 116 Å². The number of hydrogen-bond donors (Lipinski definition) is 1. The number of nitrogens with one attached hydrogen (secondary N) is 1. The molecule has 0 radical (unpaired) electrons. The lowest BCUT2D eigenvalue weighted by Gasteiger charge is -2.19. The molecule has 1 N–H and O–H groups in total. The predicted octanol–water partition coefficient (Wildman–Crippen LogP) is 4.85. The van der Waals surface area contributed by atoms with Crippen LogP contribution in [-0.4, -0.2) is 17.5 Å². The molecule has 92 valence electrons. The van der Waals surface area contributed by atoms with Gasteiger partial charge in [0.25, 0.3) is 0 Å². The lowest BCUT2D eigenvalue weighted by Crippen LogP contribution is -2.30. The standard InChI is InChI=1S/C11H17Cl2NS2/c1-4-15-6-7(2)14-8(3)9-5-10(12)16-11(9)13/h5,7-8,14H,4,6H2,1-3H3. The first-order valence-electron chi connectivity index (χ1n) is 5.33. The molecule has 1 aromatic heterocycles. The molecule has 0 fully saturated rings. The van der Waals surface area contributed by atoms with Crippen LogP contribution in [0, 0.1) is 0 Å². The molecule has 2 unspecified atom stereocenters. The van der Waals surface area contributed by atoms with Crippen LogP contribution < -0.4 is 5.32 Å². The van der Waals surface area contributed by atoms with Crippen molar-refractivity contribution in [3.63, 3.8) is 0 Å². The highest BCUT2D eigenvalue weighted by atomic mass is 35.5. The molecule has 0 aliphatic carbocycles. The Balaban J connectivity index is 2.51. The summed E-state index contributed by atoms with van der Waals surface area (Å²) in [4.78, 5) is 0. The molecular weight excluding hydrogens is 281 g/mol. The fourth-order valence-corrected chi connectivity index (χ4v) is 3.84. The second-order valence-electron chi connectivity index (χ2n) is 3.73. The molecule has 0 bridgehead atoms. The number of thioether (sulfide) groups is 1. The quantitative estimate of drug-likeness (QED) is 0.806. The minimum absolute atomic E-state index is 0.253. The highest BCUT2D eigenvalue weighted by Gasteiger charge is 2.15. The maximum absolute atomic E-state index is 6.12. The molecule has 0 spiro atoms. The van der Waals surface area contributed by atoms with Crippen molar-refractivity contribution in [3.05, 3.63) is 20.3 Å². The summed E-state index contributed by atoms with van der Waals surface area (Å²) in [5, 5.41) is 3.53. The fourth-order valence-electron chi connectivity index (χ4n) is 1.51. The average molecular weight is 298 g/mol. The number of thiophene rings is 1. The highest BCUT2D eigenvalue weighted by molar-refractivity contribution is 7.99. The summed E-state index contributed by atoms with van der Waals surface area (Å²) in [6.45, 7) is 6.49. The first-order chi connectivity index (χ1) is 7.54. The van der Waals surface area contributed by atoms with Gasteiger partial charge in [-0.25, -0.2) is 0 Å². The molecule has 1 heterocycles. The van der Waals surface area contributed by atoms with Gasteiger partial charge in [0, 0.05) is 17.8 Å². The first kappa shape index (κ1) is 14.7. The van der Waals surface area contributed by atoms with E-state index in [0.717, 1.165) is 25.7 Å². The average Bonchev–Trinajstić information content (AvgIpc) is 2.54. The van der Waals surface area contributed by atoms with Gasteiger partial charge < -0.3 is 5.32 Å². The molecule has 1 aromatic rings. The SMILES string of the molecule is CCSCC(C)NC(C)c1cc(Cl)sc1Cl. The van der Waals surface area contributed by atoms with Crippen LogP contribution in [-0.2, 0) is 0 Å². The Bertz CT molecular complexity index is 328. The molecular formula is C11H17Cl2NS2. The van der Waals surface area contributed by atoms with Crippen molar-refractivity contribution in [2.75, 3.05) is 11.5 Å². The van der Waals surface area contributed by atoms with Gasteiger partial charge in [0.2, 0.25) is 0 Å². The van der Waals surface area contributed by atoms with Gasteiger partial charge in [0.1, 0.15) is 0 Å². The topological polar surface area (TPSA) is 12.0 Å². The summed E-state index contributed by atoms with van der Waals surface area (Å²) in [5.41, 5.74) is 1.10. The second-order valence-corrected chi connectivity index (χ2v) is 7.33. The van der Waals surface area contributed by atoms with Crippen LogP contribution in [0.5, 0.6) is 0 Å². The molecule has 0 aliphatic rings. The van der Waals surface area contributed by atoms with Crippen molar-refractivity contribution in [3.8, 4) is 0 Å². The van der Waals surface area contributed by atoms with Crippen LogP contribution in [0.15, 0.2) is 6.07 Å². The van der Waals surface area contributed by atoms with E-state index in [1.165, 1.54) is 11.3 Å². The van der Waals surface area contributed by atoms with E-state index in [1.54, 1.807) is 0 Å². The maximum Gasteiger partial charge on any atom is 0.0991 e. The van der Waals surface area contributed by atoms with E-state index in [9.17, 15) is 0 Å². The van der Waals surface area contributed by atoms with E-state index in [-0.39, 0.29) is 6.04 Å². The Kier molecular flexibility index (Phi) is 6.52. The zero-order chi connectivity index (χ0) is 12.1. The minimum Gasteiger partial charge on any atom is -0.307 e. The summed E-state index contributed by atoms with van der Waals surface area (Å²) >= 11 is 15.4. The summed E-state index contributed by atoms with van der Waals surface area (Å²) in [7, 11) is 0. The lowest BCUT2D eigenvalue weighted by molar-refractivity contribution is 0.512. The fraction of sp³-hybridized carbons (Fsp3) is 0.636. The van der Waals surface area contributed by atoms with E-state index >= 15 is 0 Å². The third kappa shape index (κ3) is 4.46. The van der Waals surface area contributed by atoms with Gasteiger partial charge in [-0.2, -0.15) is 11.8 Å². The lowest BCUT2D eigenvalue weighted by atomic mass is 10.1. The number of halogens is 2. The summed E-state index contributed by atoms with van der Waals surface area (Å²) in [6, 6.07) is 2.68. The summed E-state index contributed by atoms with van der Waals surface area (Å²) in [5.74, 6) is 2.28. The van der Waals surface area contributed by atoms with Crippen molar-refractivity contribution in [1.82, 2.24) is 5.32 Å². The van der Waals surface area contributed by atoms with Crippen molar-refractivity contribution < 1.29 is 0 Å². The molecule has 2 atom stereocenters. The predicted molar refractivity (Wildman–Crippen MR) is 78.4 cm³/mol. The van der Waals surface area contributed by atoms with Gasteiger partial charge in [0.15, 0.2) is 0 Å². The molecule has 0 aromatic carbocycles. The molecule has 5 heteroatoms. The van der Waals surface area contributed by atoms with Gasteiger partial charge in [-0.05, 0) is 31.2 Å². The van der Waals surface area contributed by atoms with Crippen LogP contribution in [0.4, 0.5) is 0 Å². The van der Waals surface area contributed by atoms with Gasteiger partial charge in [-0.3, -0.25) is 0 Å². The van der Waals surface area contributed by atoms with Crippen molar-refractivity contribution in [1.29, 1.82) is 0 Å². The smallest absolute Gasteiger partial charge is 0.0991 e. The van der Waals surface area contributed by atoms with E-state index < -0.39 is 0 Å². The van der Waals surface area contributed by atoms with Gasteiger partial charge in [-0.15, -0.1) is 11.3 Å². The monoisotopic (exact) mass is 297 g/mol. The van der Waals surface area contributed by atoms with Crippen LogP contribution in [0.1, 0.15) is 32.4 Å². The Morgan fingerprint density at radius 3 is 2.62 bits per heavy atom. The molecule has 1 nitrogen and oxygen atoms in total. The van der Waals surface area contributed by atoms with Crippen molar-refractivity contribution in [2.45, 2.75) is 32.9 Å². The summed E-state index contributed by atoms with van der Waals surface area (Å²) in [6.07, 6.45) is 0. The minimum atomic E-state index is 0.253. The van der Waals surface area contributed by atoms with Crippen LogP contribution in [0.2, 0.25) is 8.67 Å². The maximum atomic E-state index is 6.12. The Hall–Kier alpha value is 0.590. The van der Waals surface area contributed by atoms with Crippen molar-refractivity contribution in [2.24, 2.45) is 0 Å². The van der Waals surface area contributed by atoms with Gasteiger partial charge in [0.05, 0.1) is 8.67 Å². The number of hydrogen-bond acceptors (Lipinski definition) is 3. The molecule has 16 heavy (non-hydrogen) atoms. The van der Waals surface area contributed by atoms with Crippen molar-refractivity contribution >= 4 is 46.3 Å². The molecule has 0 amide bonds. The van der Waals surface area contributed by atoms with Crippen LogP contribution in [0.3, 0.4) is 0 Å². The third-order valence-electron chi connectivity index (χ3n) is 2.26. The van der Waals surface area contributed by atoms with E-state index in [0.29, 0.717) is 6.04 Å². The van der Waals surface area contributed by atoms with Crippen LogP contribution >= 0.6 is 46.3 Å². The third-order valence-corrected chi connectivity index (χ3v) is 4.92. The molecule has 0 aliphatic heterocycles. The molecule has 0 saturated heterocycles. The Morgan fingerprint density at radius 1 is 1.44 bits per heavy atom. The first-order valence-corrected chi connectivity index (χ1v) is 8.05. The van der Waals surface area contributed by atoms with E-state index in [1.807, 2.05) is 17.8 Å². The number of rotatable bonds is 6. The van der Waals surface area contributed by atoms with E-state index in [2.05, 4.69) is 26.1 Å². The molecule has 1 rings (SSSR count). The van der Waals surface area contributed by atoms with Crippen LogP contribution in [0.25, 0.3) is 0 Å². The highest BCUT2D eigenvalue weighted by Crippen LogP contribution is 2.34. The van der Waals surface area contributed by atoms with Gasteiger partial charge >= 0.3 is 0 Å². The summed E-state index contributed by atoms with van der Waals surface area (Å²) < 4.78 is 1.55. The largest absolute Gasteiger partial charge is 0.307 e. The van der Waals surface area contributed by atoms with E-state index in [4.69, 9.17) is 23.2 Å².